The van der Waals surface area contributed by atoms with Crippen molar-refractivity contribution >= 4 is 23.5 Å². The quantitative estimate of drug-likeness (QED) is 0.791. The van der Waals surface area contributed by atoms with Crippen molar-refractivity contribution in [2.75, 3.05) is 51.2 Å². The van der Waals surface area contributed by atoms with Gasteiger partial charge >= 0.3 is 6.03 Å². The molecule has 0 saturated carbocycles. The molecular weight excluding hydrogens is 346 g/mol. The zero-order valence-corrected chi connectivity index (χ0v) is 15.7. The number of hydrogen-bond acceptors (Lipinski definition) is 5. The summed E-state index contributed by atoms with van der Waals surface area (Å²) in [6.07, 6.45) is 1.86. The molecule has 0 aliphatic carbocycles. The second-order valence-electron chi connectivity index (χ2n) is 6.92. The third-order valence-corrected chi connectivity index (χ3v) is 5.17. The molecule has 8 heteroatoms. The van der Waals surface area contributed by atoms with Crippen LogP contribution in [0.25, 0.3) is 0 Å². The fraction of sp³-hybridized carbons (Fsp3) is 0.526. The first-order valence-electron chi connectivity index (χ1n) is 9.43. The Hall–Kier alpha value is -2.45. The van der Waals surface area contributed by atoms with Gasteiger partial charge in [-0.05, 0) is 25.0 Å². The first-order valence-corrected chi connectivity index (χ1v) is 9.43. The van der Waals surface area contributed by atoms with Crippen molar-refractivity contribution in [1.82, 2.24) is 20.4 Å². The fourth-order valence-corrected chi connectivity index (χ4v) is 3.72. The minimum absolute atomic E-state index is 0.0965. The zero-order valence-electron chi connectivity index (χ0n) is 15.7. The summed E-state index contributed by atoms with van der Waals surface area (Å²) < 4.78 is 0. The summed E-state index contributed by atoms with van der Waals surface area (Å²) in [7, 11) is 1.47. The predicted molar refractivity (Wildman–Crippen MR) is 102 cm³/mol. The highest BCUT2D eigenvalue weighted by molar-refractivity contribution is 5.98. The Bertz CT molecular complexity index is 673. The Morgan fingerprint density at radius 3 is 2.44 bits per heavy atom. The number of carbonyl (C=O) groups excluding carboxylic acids is 3. The summed E-state index contributed by atoms with van der Waals surface area (Å²) in [4.78, 5) is 42.1. The van der Waals surface area contributed by atoms with E-state index < -0.39 is 6.03 Å². The smallest absolute Gasteiger partial charge is 0.321 e. The van der Waals surface area contributed by atoms with Crippen LogP contribution in [0.2, 0.25) is 0 Å². The number of rotatable bonds is 4. The first-order chi connectivity index (χ1) is 13.1. The number of benzene rings is 1. The Morgan fingerprint density at radius 1 is 1.07 bits per heavy atom. The molecule has 1 atom stereocenters. The van der Waals surface area contributed by atoms with Gasteiger partial charge in [-0.1, -0.05) is 18.2 Å². The van der Waals surface area contributed by atoms with Gasteiger partial charge in [0.05, 0.1) is 12.6 Å². The van der Waals surface area contributed by atoms with Crippen molar-refractivity contribution < 1.29 is 14.4 Å². The fourth-order valence-electron chi connectivity index (χ4n) is 3.72. The number of carbonyl (C=O) groups is 3. The highest BCUT2D eigenvalue weighted by Gasteiger charge is 2.35. The molecule has 1 aromatic rings. The SMILES string of the molecule is CNC(=O)NC(=O)CN1CCN([C@@H]2CCCN(c3ccccc3)C2=O)CC1. The van der Waals surface area contributed by atoms with Crippen LogP contribution < -0.4 is 15.5 Å². The summed E-state index contributed by atoms with van der Waals surface area (Å²) in [6.45, 7) is 3.85. The van der Waals surface area contributed by atoms with Gasteiger partial charge in [-0.15, -0.1) is 0 Å². The van der Waals surface area contributed by atoms with E-state index in [-0.39, 0.29) is 24.4 Å². The average molecular weight is 373 g/mol. The highest BCUT2D eigenvalue weighted by Crippen LogP contribution is 2.24. The molecule has 146 valence electrons. The Morgan fingerprint density at radius 2 is 1.78 bits per heavy atom. The summed E-state index contributed by atoms with van der Waals surface area (Å²) in [5.41, 5.74) is 0.955. The largest absolute Gasteiger partial charge is 0.341 e. The van der Waals surface area contributed by atoms with Crippen molar-refractivity contribution in [2.45, 2.75) is 18.9 Å². The molecule has 1 aromatic carbocycles. The van der Waals surface area contributed by atoms with E-state index in [1.807, 2.05) is 40.1 Å². The highest BCUT2D eigenvalue weighted by atomic mass is 16.2. The van der Waals surface area contributed by atoms with E-state index in [1.165, 1.54) is 7.05 Å². The van der Waals surface area contributed by atoms with Crippen LogP contribution in [0.4, 0.5) is 10.5 Å². The van der Waals surface area contributed by atoms with Gasteiger partial charge in [-0.2, -0.15) is 0 Å². The summed E-state index contributed by atoms with van der Waals surface area (Å²) in [5.74, 6) is -0.148. The van der Waals surface area contributed by atoms with Gasteiger partial charge in [-0.25, -0.2) is 4.79 Å². The minimum Gasteiger partial charge on any atom is -0.341 e. The van der Waals surface area contributed by atoms with Crippen LogP contribution >= 0.6 is 0 Å². The van der Waals surface area contributed by atoms with Crippen molar-refractivity contribution in [3.8, 4) is 0 Å². The number of urea groups is 1. The predicted octanol–water partition coefficient (Wildman–Crippen LogP) is 0.255. The number of amides is 4. The van der Waals surface area contributed by atoms with E-state index in [0.29, 0.717) is 13.1 Å². The van der Waals surface area contributed by atoms with Gasteiger partial charge in [0.2, 0.25) is 11.8 Å². The second-order valence-corrected chi connectivity index (χ2v) is 6.92. The van der Waals surface area contributed by atoms with Gasteiger partial charge in [0.1, 0.15) is 0 Å². The molecule has 3 rings (SSSR count). The average Bonchev–Trinajstić information content (AvgIpc) is 2.69. The standard InChI is InChI=1S/C19H27N5O3/c1-20-19(27)21-17(25)14-22-10-12-23(13-11-22)16-8-5-9-24(18(16)26)15-6-3-2-4-7-15/h2-4,6-7,16H,5,8-14H2,1H3,(H2,20,21,25,27)/t16-/m1/s1. The molecule has 0 unspecified atom stereocenters. The van der Waals surface area contributed by atoms with Gasteiger partial charge in [0.15, 0.2) is 0 Å². The molecule has 0 spiro atoms. The van der Waals surface area contributed by atoms with E-state index >= 15 is 0 Å². The Balaban J connectivity index is 1.52. The molecule has 2 heterocycles. The van der Waals surface area contributed by atoms with Crippen LogP contribution in [0.1, 0.15) is 12.8 Å². The van der Waals surface area contributed by atoms with Gasteiger partial charge in [0.25, 0.3) is 0 Å². The van der Waals surface area contributed by atoms with E-state index in [2.05, 4.69) is 15.5 Å². The monoisotopic (exact) mass is 373 g/mol. The maximum atomic E-state index is 13.0. The molecule has 2 aliphatic heterocycles. The minimum atomic E-state index is -0.493. The molecule has 0 radical (unpaired) electrons. The maximum Gasteiger partial charge on any atom is 0.321 e. The number of anilines is 1. The van der Waals surface area contributed by atoms with E-state index in [0.717, 1.165) is 38.2 Å². The van der Waals surface area contributed by atoms with E-state index in [9.17, 15) is 14.4 Å². The molecule has 2 fully saturated rings. The Labute approximate surface area is 159 Å². The molecule has 8 nitrogen and oxygen atoms in total. The number of imide groups is 1. The van der Waals surface area contributed by atoms with Crippen molar-refractivity contribution in [1.29, 1.82) is 0 Å². The van der Waals surface area contributed by atoms with Crippen LogP contribution in [-0.4, -0.2) is 80.0 Å². The Kier molecular flexibility index (Phi) is 6.41. The lowest BCUT2D eigenvalue weighted by Crippen LogP contribution is -2.58. The zero-order chi connectivity index (χ0) is 19.2. The first kappa shape index (κ1) is 19.3. The van der Waals surface area contributed by atoms with Gasteiger partial charge in [-0.3, -0.25) is 24.7 Å². The second kappa shape index (κ2) is 8.96. The van der Waals surface area contributed by atoms with Crippen LogP contribution in [0, 0.1) is 0 Å². The number of piperazine rings is 1. The lowest BCUT2D eigenvalue weighted by molar-refractivity contribution is -0.127. The number of para-hydroxylation sites is 1. The number of piperidine rings is 1. The van der Waals surface area contributed by atoms with Crippen molar-refractivity contribution in [3.05, 3.63) is 30.3 Å². The van der Waals surface area contributed by atoms with Gasteiger partial charge in [0, 0.05) is 45.5 Å². The van der Waals surface area contributed by atoms with Crippen molar-refractivity contribution in [3.63, 3.8) is 0 Å². The maximum absolute atomic E-state index is 13.0. The number of nitrogens with zero attached hydrogens (tertiary/aromatic N) is 3. The molecule has 2 N–H and O–H groups in total. The summed E-state index contributed by atoms with van der Waals surface area (Å²) >= 11 is 0. The van der Waals surface area contributed by atoms with E-state index in [4.69, 9.17) is 0 Å². The van der Waals surface area contributed by atoms with E-state index in [1.54, 1.807) is 0 Å². The number of nitrogens with one attached hydrogen (secondary N) is 2. The topological polar surface area (TPSA) is 85.0 Å². The third kappa shape index (κ3) is 4.84. The lowest BCUT2D eigenvalue weighted by Gasteiger charge is -2.42. The van der Waals surface area contributed by atoms with Crippen LogP contribution in [-0.2, 0) is 9.59 Å². The van der Waals surface area contributed by atoms with Gasteiger partial charge < -0.3 is 10.2 Å². The molecule has 0 aromatic heterocycles. The lowest BCUT2D eigenvalue weighted by atomic mass is 10.0. The third-order valence-electron chi connectivity index (χ3n) is 5.17. The normalized spacial score (nSPS) is 21.7. The molecule has 2 saturated heterocycles. The summed E-state index contributed by atoms with van der Waals surface area (Å²) in [6, 6.07) is 9.22. The van der Waals surface area contributed by atoms with Crippen molar-refractivity contribution in [2.24, 2.45) is 0 Å². The van der Waals surface area contributed by atoms with Crippen LogP contribution in [0.15, 0.2) is 30.3 Å². The molecule has 2 aliphatic rings. The molecule has 0 bridgehead atoms. The molecule has 27 heavy (non-hydrogen) atoms. The number of hydrogen-bond donors (Lipinski definition) is 2. The molecule has 4 amide bonds. The van der Waals surface area contributed by atoms with Crippen LogP contribution in [0.3, 0.4) is 0 Å². The molecular formula is C19H27N5O3. The van der Waals surface area contributed by atoms with Crippen LogP contribution in [0.5, 0.6) is 0 Å². The summed E-state index contributed by atoms with van der Waals surface area (Å²) in [5, 5.41) is 4.64.